The molecule has 2 bridgehead atoms. The lowest BCUT2D eigenvalue weighted by Gasteiger charge is -2.30. The van der Waals surface area contributed by atoms with Gasteiger partial charge >= 0.3 is 0 Å². The smallest absolute Gasteiger partial charge is 0.261 e. The van der Waals surface area contributed by atoms with Gasteiger partial charge < -0.3 is 0 Å². The Labute approximate surface area is 238 Å². The first kappa shape index (κ1) is 25.7. The highest BCUT2D eigenvalue weighted by molar-refractivity contribution is 5.80. The number of hydrogen-bond donors (Lipinski definition) is 1. The number of H-pyrrole nitrogens is 1. The number of tetrazole rings is 1. The molecule has 0 aliphatic carbocycles. The first-order chi connectivity index (χ1) is 20.2. The van der Waals surface area contributed by atoms with Crippen LogP contribution in [0.25, 0.3) is 33.4 Å². The first-order valence-electron chi connectivity index (χ1n) is 14.5. The molecule has 2 aliphatic rings. The van der Waals surface area contributed by atoms with Crippen LogP contribution in [-0.4, -0.2) is 48.4 Å². The number of nitrogens with zero attached hydrogens (tertiary/aromatic N) is 6. The number of benzene rings is 3. The first-order valence-corrected chi connectivity index (χ1v) is 14.5. The summed E-state index contributed by atoms with van der Waals surface area (Å²) < 4.78 is 1.87. The van der Waals surface area contributed by atoms with Crippen LogP contribution in [0.2, 0.25) is 0 Å². The number of hydroxylamine groups is 2. The molecule has 0 radical (unpaired) electrons. The largest absolute Gasteiger partial charge is 0.298 e. The van der Waals surface area contributed by atoms with E-state index in [1.807, 2.05) is 28.8 Å². The van der Waals surface area contributed by atoms with Crippen molar-refractivity contribution in [3.05, 3.63) is 94.0 Å². The molecule has 2 aromatic heterocycles. The molecule has 1 unspecified atom stereocenters. The van der Waals surface area contributed by atoms with Crippen LogP contribution in [0.5, 0.6) is 0 Å². The van der Waals surface area contributed by atoms with Crippen molar-refractivity contribution in [3.63, 3.8) is 0 Å². The summed E-state index contributed by atoms with van der Waals surface area (Å²) in [5.41, 5.74) is 5.98. The number of fused-ring (bicyclic) bond motifs is 3. The molecule has 9 heteroatoms. The van der Waals surface area contributed by atoms with Crippen LogP contribution in [0.3, 0.4) is 0 Å². The number of nitrogens with one attached hydrogen (secondary N) is 1. The van der Waals surface area contributed by atoms with Gasteiger partial charge in [0.25, 0.3) is 5.56 Å². The topological polar surface area (TPSA) is 102 Å². The summed E-state index contributed by atoms with van der Waals surface area (Å²) in [6.45, 7) is 4.33. The van der Waals surface area contributed by atoms with Gasteiger partial charge in [-0.25, -0.2) is 4.98 Å². The fraction of sp³-hybridized carbons (Fsp3) is 0.344. The Bertz CT molecular complexity index is 1710. The minimum Gasteiger partial charge on any atom is -0.298 e. The van der Waals surface area contributed by atoms with Crippen LogP contribution < -0.4 is 5.56 Å². The Morgan fingerprint density at radius 1 is 1.05 bits per heavy atom. The number of aryl methyl sites for hydroxylation is 1. The van der Waals surface area contributed by atoms with Crippen LogP contribution in [0.4, 0.5) is 0 Å². The standard InChI is InChI=1S/C32H33N7O2/c1-2-3-10-29-33-28-16-15-23(30-24-7-6-17-39(30)41-20-24)18-27(28)32(40)38(29)19-21-11-13-22(14-12-21)25-8-4-5-9-26(25)31-34-36-37-35-31/h4-5,8-9,11-16,18,24,30H,2-3,6-7,10,17,19-20H2,1H3,(H,34,35,36,37)/t24-,30+/m0/s1. The van der Waals surface area contributed by atoms with Crippen LogP contribution in [-0.2, 0) is 17.8 Å². The van der Waals surface area contributed by atoms with Crippen molar-refractivity contribution < 1.29 is 4.84 Å². The Morgan fingerprint density at radius 2 is 1.90 bits per heavy atom. The third-order valence-corrected chi connectivity index (χ3v) is 8.44. The second-order valence-corrected chi connectivity index (χ2v) is 11.1. The van der Waals surface area contributed by atoms with E-state index >= 15 is 0 Å². The summed E-state index contributed by atoms with van der Waals surface area (Å²) >= 11 is 0. The Balaban J connectivity index is 1.23. The highest BCUT2D eigenvalue weighted by atomic mass is 16.7. The minimum absolute atomic E-state index is 0.0218. The molecule has 9 nitrogen and oxygen atoms in total. The van der Waals surface area contributed by atoms with Gasteiger partial charge in [0.15, 0.2) is 0 Å². The number of piperidine rings is 1. The average molecular weight is 548 g/mol. The summed E-state index contributed by atoms with van der Waals surface area (Å²) in [5.74, 6) is 1.88. The predicted molar refractivity (Wildman–Crippen MR) is 157 cm³/mol. The lowest BCUT2D eigenvalue weighted by atomic mass is 9.87. The molecule has 0 saturated carbocycles. The van der Waals surface area contributed by atoms with E-state index in [1.54, 1.807) is 0 Å². The van der Waals surface area contributed by atoms with Crippen molar-refractivity contribution in [2.75, 3.05) is 13.2 Å². The van der Waals surface area contributed by atoms with Crippen LogP contribution >= 0.6 is 0 Å². The summed E-state index contributed by atoms with van der Waals surface area (Å²) in [5, 5.41) is 17.4. The molecule has 0 amide bonds. The van der Waals surface area contributed by atoms with Crippen molar-refractivity contribution in [1.82, 2.24) is 35.2 Å². The van der Waals surface area contributed by atoms with Crippen molar-refractivity contribution in [2.45, 2.75) is 51.6 Å². The van der Waals surface area contributed by atoms with E-state index in [4.69, 9.17) is 9.82 Å². The van der Waals surface area contributed by atoms with Crippen LogP contribution in [0.1, 0.15) is 55.6 Å². The molecular formula is C32H33N7O2. The van der Waals surface area contributed by atoms with Gasteiger partial charge in [0, 0.05) is 24.4 Å². The van der Waals surface area contributed by atoms with Crippen molar-refractivity contribution >= 4 is 10.9 Å². The SMILES string of the molecule is CCCCc1nc2ccc([C@@H]3[C@H]4CCCN3OC4)cc2c(=O)n1Cc1ccc(-c2ccccc2-c2nn[nH]n2)cc1. The Morgan fingerprint density at radius 3 is 2.68 bits per heavy atom. The van der Waals surface area contributed by atoms with Gasteiger partial charge in [-0.2, -0.15) is 10.3 Å². The average Bonchev–Trinajstić information content (AvgIpc) is 3.64. The molecule has 3 aromatic carbocycles. The third-order valence-electron chi connectivity index (χ3n) is 8.44. The third kappa shape index (κ3) is 4.85. The summed E-state index contributed by atoms with van der Waals surface area (Å²) in [7, 11) is 0. The number of aromatic amines is 1. The lowest BCUT2D eigenvalue weighted by Crippen LogP contribution is -2.30. The molecule has 2 aliphatic heterocycles. The quantitative estimate of drug-likeness (QED) is 0.280. The van der Waals surface area contributed by atoms with Gasteiger partial charge in [0.2, 0.25) is 5.82 Å². The van der Waals surface area contributed by atoms with Gasteiger partial charge in [0.05, 0.1) is 30.1 Å². The molecule has 3 atom stereocenters. The summed E-state index contributed by atoms with van der Waals surface area (Å²) in [6.07, 6.45) is 5.11. The molecule has 5 aromatic rings. The molecule has 41 heavy (non-hydrogen) atoms. The molecule has 7 rings (SSSR count). The minimum atomic E-state index is 0.0218. The highest BCUT2D eigenvalue weighted by Gasteiger charge is 2.39. The van der Waals surface area contributed by atoms with Crippen molar-refractivity contribution in [1.29, 1.82) is 0 Å². The normalized spacial score (nSPS) is 20.1. The number of unbranched alkanes of at least 4 members (excludes halogenated alkanes) is 1. The van der Waals surface area contributed by atoms with E-state index in [1.165, 1.54) is 0 Å². The zero-order chi connectivity index (χ0) is 27.8. The maximum absolute atomic E-state index is 14.1. The molecule has 208 valence electrons. The predicted octanol–water partition coefficient (Wildman–Crippen LogP) is 5.33. The van der Waals surface area contributed by atoms with E-state index < -0.39 is 0 Å². The molecule has 4 heterocycles. The molecule has 2 fully saturated rings. The van der Waals surface area contributed by atoms with Crippen LogP contribution in [0.15, 0.2) is 71.5 Å². The fourth-order valence-electron chi connectivity index (χ4n) is 6.33. The molecule has 2 saturated heterocycles. The monoisotopic (exact) mass is 547 g/mol. The molecule has 1 N–H and O–H groups in total. The van der Waals surface area contributed by atoms with Gasteiger partial charge in [-0.05, 0) is 58.9 Å². The zero-order valence-electron chi connectivity index (χ0n) is 23.2. The number of rotatable bonds is 8. The van der Waals surface area contributed by atoms with E-state index in [9.17, 15) is 4.79 Å². The van der Waals surface area contributed by atoms with Gasteiger partial charge in [-0.15, -0.1) is 10.2 Å². The van der Waals surface area contributed by atoms with E-state index in [0.717, 1.165) is 84.4 Å². The van der Waals surface area contributed by atoms with Crippen molar-refractivity contribution in [2.24, 2.45) is 5.92 Å². The van der Waals surface area contributed by atoms with Gasteiger partial charge in [0.1, 0.15) is 5.82 Å². The molecule has 0 spiro atoms. The van der Waals surface area contributed by atoms with E-state index in [-0.39, 0.29) is 11.6 Å². The maximum Gasteiger partial charge on any atom is 0.261 e. The lowest BCUT2D eigenvalue weighted by molar-refractivity contribution is -0.134. The van der Waals surface area contributed by atoms with Gasteiger partial charge in [-0.3, -0.25) is 14.2 Å². The van der Waals surface area contributed by atoms with Crippen molar-refractivity contribution in [3.8, 4) is 22.5 Å². The fourth-order valence-corrected chi connectivity index (χ4v) is 6.33. The van der Waals surface area contributed by atoms with Gasteiger partial charge in [-0.1, -0.05) is 67.9 Å². The Kier molecular flexibility index (Phi) is 6.90. The van der Waals surface area contributed by atoms with E-state index in [2.05, 4.69) is 75.1 Å². The molecular weight excluding hydrogens is 514 g/mol. The summed E-state index contributed by atoms with van der Waals surface area (Å²) in [4.78, 5) is 25.0. The zero-order valence-corrected chi connectivity index (χ0v) is 23.2. The number of hydrogen-bond acceptors (Lipinski definition) is 7. The van der Waals surface area contributed by atoms with E-state index in [0.29, 0.717) is 23.7 Å². The summed E-state index contributed by atoms with van der Waals surface area (Å²) in [6, 6.07) is 22.8. The highest BCUT2D eigenvalue weighted by Crippen LogP contribution is 2.41. The maximum atomic E-state index is 14.1. The second-order valence-electron chi connectivity index (χ2n) is 11.1. The second kappa shape index (κ2) is 11.0. The van der Waals surface area contributed by atoms with Crippen LogP contribution in [0, 0.1) is 5.92 Å². The Hall–Kier alpha value is -4.21. The number of aromatic nitrogens is 6.